The van der Waals surface area contributed by atoms with Gasteiger partial charge in [0.1, 0.15) is 11.6 Å². The lowest BCUT2D eigenvalue weighted by Crippen LogP contribution is -2.45. The molecule has 0 bridgehead atoms. The van der Waals surface area contributed by atoms with Crippen LogP contribution in [0.1, 0.15) is 11.4 Å². The molecule has 0 radical (unpaired) electrons. The zero-order valence-electron chi connectivity index (χ0n) is 18.0. The van der Waals surface area contributed by atoms with E-state index in [0.717, 1.165) is 66.6 Å². The van der Waals surface area contributed by atoms with Crippen molar-refractivity contribution in [1.82, 2.24) is 19.8 Å². The molecule has 1 aromatic heterocycles. The maximum absolute atomic E-state index is 14.0. The number of aromatic nitrogens is 2. The van der Waals surface area contributed by atoms with Crippen molar-refractivity contribution in [3.8, 4) is 22.5 Å². The number of H-pyrrole nitrogens is 1. The van der Waals surface area contributed by atoms with Gasteiger partial charge < -0.3 is 4.98 Å². The molecule has 3 aromatic carbocycles. The van der Waals surface area contributed by atoms with Gasteiger partial charge in [-0.05, 0) is 6.07 Å². The summed E-state index contributed by atoms with van der Waals surface area (Å²) >= 11 is 0. The van der Waals surface area contributed by atoms with E-state index < -0.39 is 0 Å². The lowest BCUT2D eigenvalue weighted by Gasteiger charge is -2.34. The smallest absolute Gasteiger partial charge is 0.127 e. The van der Waals surface area contributed by atoms with E-state index in [1.54, 1.807) is 6.07 Å². The molecule has 0 unspecified atom stereocenters. The third-order valence-corrected chi connectivity index (χ3v) is 6.05. The van der Waals surface area contributed by atoms with Gasteiger partial charge in [-0.15, -0.1) is 0 Å². The van der Waals surface area contributed by atoms with E-state index in [-0.39, 0.29) is 5.82 Å². The third-order valence-electron chi connectivity index (χ3n) is 6.05. The molecule has 0 amide bonds. The van der Waals surface area contributed by atoms with Crippen molar-refractivity contribution in [1.29, 1.82) is 0 Å². The molecule has 1 aliphatic rings. The van der Waals surface area contributed by atoms with E-state index in [1.807, 2.05) is 36.4 Å². The average molecular weight is 427 g/mol. The monoisotopic (exact) mass is 426 g/mol. The van der Waals surface area contributed by atoms with Gasteiger partial charge in [0.2, 0.25) is 0 Å². The number of nitrogens with zero attached hydrogens (tertiary/aromatic N) is 3. The number of piperazine rings is 1. The van der Waals surface area contributed by atoms with Crippen LogP contribution in [-0.4, -0.2) is 45.9 Å². The summed E-state index contributed by atoms with van der Waals surface area (Å²) in [5.74, 6) is 0.859. The molecule has 0 aliphatic carbocycles. The van der Waals surface area contributed by atoms with Gasteiger partial charge in [-0.25, -0.2) is 9.37 Å². The summed E-state index contributed by atoms with van der Waals surface area (Å²) in [4.78, 5) is 13.3. The Bertz CT molecular complexity index is 1090. The quantitative estimate of drug-likeness (QED) is 0.460. The average Bonchev–Trinajstić information content (AvgIpc) is 3.27. The Balaban J connectivity index is 1.29. The highest BCUT2D eigenvalue weighted by molar-refractivity contribution is 5.78. The van der Waals surface area contributed by atoms with Crippen LogP contribution in [-0.2, 0) is 13.1 Å². The first kappa shape index (κ1) is 20.6. The molecule has 5 rings (SSSR count). The highest BCUT2D eigenvalue weighted by atomic mass is 19.1. The first-order chi connectivity index (χ1) is 15.8. The van der Waals surface area contributed by atoms with E-state index in [2.05, 4.69) is 51.2 Å². The number of rotatable bonds is 6. The second-order valence-corrected chi connectivity index (χ2v) is 8.28. The van der Waals surface area contributed by atoms with Crippen LogP contribution >= 0.6 is 0 Å². The number of benzene rings is 3. The Hall–Kier alpha value is -3.28. The van der Waals surface area contributed by atoms with Crippen molar-refractivity contribution in [3.63, 3.8) is 0 Å². The molecule has 2 heterocycles. The van der Waals surface area contributed by atoms with Gasteiger partial charge >= 0.3 is 0 Å². The fourth-order valence-corrected chi connectivity index (χ4v) is 4.30. The third kappa shape index (κ3) is 4.64. The first-order valence-electron chi connectivity index (χ1n) is 11.1. The minimum atomic E-state index is -0.118. The number of aromatic amines is 1. The Morgan fingerprint density at radius 3 is 1.91 bits per heavy atom. The predicted molar refractivity (Wildman–Crippen MR) is 126 cm³/mol. The highest BCUT2D eigenvalue weighted by Gasteiger charge is 2.20. The summed E-state index contributed by atoms with van der Waals surface area (Å²) < 4.78 is 14.0. The normalized spacial score (nSPS) is 15.2. The largest absolute Gasteiger partial charge is 0.340 e. The number of hydrogen-bond acceptors (Lipinski definition) is 3. The van der Waals surface area contributed by atoms with E-state index in [1.165, 1.54) is 6.07 Å². The van der Waals surface area contributed by atoms with Gasteiger partial charge in [-0.1, -0.05) is 78.9 Å². The minimum absolute atomic E-state index is 0.118. The Labute approximate surface area is 188 Å². The number of imidazole rings is 1. The molecule has 4 nitrogen and oxygen atoms in total. The lowest BCUT2D eigenvalue weighted by atomic mass is 10.1. The van der Waals surface area contributed by atoms with Crippen LogP contribution in [0.5, 0.6) is 0 Å². The van der Waals surface area contributed by atoms with Gasteiger partial charge in [0.05, 0.1) is 17.9 Å². The summed E-state index contributed by atoms with van der Waals surface area (Å²) in [6.45, 7) is 5.17. The molecule has 1 fully saturated rings. The Morgan fingerprint density at radius 2 is 1.25 bits per heavy atom. The van der Waals surface area contributed by atoms with E-state index in [4.69, 9.17) is 4.98 Å². The van der Waals surface area contributed by atoms with E-state index in [0.29, 0.717) is 6.54 Å². The molecule has 1 N–H and O–H groups in total. The minimum Gasteiger partial charge on any atom is -0.340 e. The summed E-state index contributed by atoms with van der Waals surface area (Å²) in [5, 5.41) is 0. The van der Waals surface area contributed by atoms with Gasteiger partial charge in [0.15, 0.2) is 0 Å². The van der Waals surface area contributed by atoms with Gasteiger partial charge in [0, 0.05) is 49.4 Å². The SMILES string of the molecule is Fc1ccccc1CN1CCN(Cc2nc(-c3ccccc3)c(-c3ccccc3)[nH]2)CC1. The van der Waals surface area contributed by atoms with Gasteiger partial charge in [-0.3, -0.25) is 9.80 Å². The first-order valence-corrected chi connectivity index (χ1v) is 11.1. The van der Waals surface area contributed by atoms with Crippen molar-refractivity contribution >= 4 is 0 Å². The van der Waals surface area contributed by atoms with Crippen LogP contribution in [0.2, 0.25) is 0 Å². The maximum Gasteiger partial charge on any atom is 0.127 e. The lowest BCUT2D eigenvalue weighted by molar-refractivity contribution is 0.119. The molecule has 1 aliphatic heterocycles. The van der Waals surface area contributed by atoms with Crippen LogP contribution in [0.4, 0.5) is 4.39 Å². The van der Waals surface area contributed by atoms with E-state index in [9.17, 15) is 4.39 Å². The second kappa shape index (κ2) is 9.47. The summed E-state index contributed by atoms with van der Waals surface area (Å²) in [7, 11) is 0. The van der Waals surface area contributed by atoms with Crippen LogP contribution in [0.15, 0.2) is 84.9 Å². The molecule has 0 atom stereocenters. The van der Waals surface area contributed by atoms with Crippen LogP contribution in [0, 0.1) is 5.82 Å². The zero-order chi connectivity index (χ0) is 21.8. The maximum atomic E-state index is 14.0. The van der Waals surface area contributed by atoms with Crippen LogP contribution in [0.25, 0.3) is 22.5 Å². The Kier molecular flexibility index (Phi) is 6.10. The van der Waals surface area contributed by atoms with Gasteiger partial charge in [-0.2, -0.15) is 0 Å². The molecule has 32 heavy (non-hydrogen) atoms. The van der Waals surface area contributed by atoms with Crippen molar-refractivity contribution in [2.45, 2.75) is 13.1 Å². The standard InChI is InChI=1S/C27H27FN4/c28-24-14-8-7-13-23(24)19-31-15-17-32(18-16-31)20-25-29-26(21-9-3-1-4-10-21)27(30-25)22-11-5-2-6-12-22/h1-14H,15-20H2,(H,29,30). The topological polar surface area (TPSA) is 35.2 Å². The van der Waals surface area contributed by atoms with Crippen molar-refractivity contribution in [2.24, 2.45) is 0 Å². The molecule has 5 heteroatoms. The Morgan fingerprint density at radius 1 is 0.688 bits per heavy atom. The zero-order valence-corrected chi connectivity index (χ0v) is 18.0. The highest BCUT2D eigenvalue weighted by Crippen LogP contribution is 2.30. The number of halogens is 1. The number of nitrogens with one attached hydrogen (secondary N) is 1. The second-order valence-electron chi connectivity index (χ2n) is 8.28. The van der Waals surface area contributed by atoms with E-state index >= 15 is 0 Å². The molecular formula is C27H27FN4. The summed E-state index contributed by atoms with van der Waals surface area (Å²) in [6.07, 6.45) is 0. The molecule has 4 aromatic rings. The molecule has 0 saturated carbocycles. The predicted octanol–water partition coefficient (Wildman–Crippen LogP) is 5.20. The molecule has 0 spiro atoms. The van der Waals surface area contributed by atoms with Crippen molar-refractivity contribution in [3.05, 3.63) is 102 Å². The summed E-state index contributed by atoms with van der Waals surface area (Å²) in [6, 6.07) is 27.8. The van der Waals surface area contributed by atoms with Gasteiger partial charge in [0.25, 0.3) is 0 Å². The molecule has 1 saturated heterocycles. The van der Waals surface area contributed by atoms with Crippen LogP contribution in [0.3, 0.4) is 0 Å². The molecule has 162 valence electrons. The summed E-state index contributed by atoms with van der Waals surface area (Å²) in [5.41, 5.74) is 5.07. The van der Waals surface area contributed by atoms with Crippen LogP contribution < -0.4 is 0 Å². The van der Waals surface area contributed by atoms with Crippen molar-refractivity contribution < 1.29 is 4.39 Å². The molecular weight excluding hydrogens is 399 g/mol. The fraction of sp³-hybridized carbons (Fsp3) is 0.222. The number of hydrogen-bond donors (Lipinski definition) is 1. The van der Waals surface area contributed by atoms with Crippen molar-refractivity contribution in [2.75, 3.05) is 26.2 Å². The fourth-order valence-electron chi connectivity index (χ4n) is 4.30.